The number of para-hydroxylation sites is 2. The molecule has 0 fully saturated rings. The van der Waals surface area contributed by atoms with E-state index in [1.165, 1.54) is 32.1 Å². The largest absolute Gasteiger partial charge is 0.508 e. The summed E-state index contributed by atoms with van der Waals surface area (Å²) in [4.78, 5) is 0. The van der Waals surface area contributed by atoms with Crippen LogP contribution in [-0.2, 0) is 0 Å². The van der Waals surface area contributed by atoms with Crippen molar-refractivity contribution in [3.05, 3.63) is 90.0 Å². The van der Waals surface area contributed by atoms with Crippen molar-refractivity contribution >= 4 is 0 Å². The zero-order valence-electron chi connectivity index (χ0n) is 21.5. The van der Waals surface area contributed by atoms with E-state index in [-0.39, 0.29) is 18.0 Å². The number of hydrogen-bond acceptors (Lipinski definition) is 3. The Morgan fingerprint density at radius 2 is 1.09 bits per heavy atom. The van der Waals surface area contributed by atoms with Crippen LogP contribution in [0.5, 0.6) is 17.2 Å². The van der Waals surface area contributed by atoms with Crippen LogP contribution in [-0.4, -0.2) is 5.11 Å². The van der Waals surface area contributed by atoms with Gasteiger partial charge in [-0.05, 0) is 56.0 Å². The van der Waals surface area contributed by atoms with Crippen LogP contribution in [0.15, 0.2) is 78.9 Å². The van der Waals surface area contributed by atoms with E-state index in [4.69, 9.17) is 9.47 Å². The monoisotopic (exact) mass is 474 g/mol. The lowest BCUT2D eigenvalue weighted by molar-refractivity contribution is 0.164. The van der Waals surface area contributed by atoms with Crippen molar-refractivity contribution < 1.29 is 14.6 Å². The molecule has 3 nitrogen and oxygen atoms in total. The predicted molar refractivity (Wildman–Crippen MR) is 145 cm³/mol. The third kappa shape index (κ3) is 8.65. The Morgan fingerprint density at radius 3 is 1.63 bits per heavy atom. The van der Waals surface area contributed by atoms with Gasteiger partial charge in [0.05, 0.1) is 0 Å². The quantitative estimate of drug-likeness (QED) is 0.210. The van der Waals surface area contributed by atoms with Crippen molar-refractivity contribution in [3.63, 3.8) is 0 Å². The maximum absolute atomic E-state index is 11.1. The molecule has 188 valence electrons. The molecule has 0 aliphatic carbocycles. The first-order chi connectivity index (χ1) is 17.2. The molecular formula is C32H42O3. The second-order valence-corrected chi connectivity index (χ2v) is 9.32. The summed E-state index contributed by atoms with van der Waals surface area (Å²) in [6.45, 7) is 4.46. The Morgan fingerprint density at radius 1 is 0.571 bits per heavy atom. The lowest BCUT2D eigenvalue weighted by atomic mass is 9.91. The lowest BCUT2D eigenvalue weighted by Gasteiger charge is -2.27. The zero-order chi connectivity index (χ0) is 24.7. The van der Waals surface area contributed by atoms with Crippen molar-refractivity contribution in [1.82, 2.24) is 0 Å². The Hall–Kier alpha value is -2.94. The van der Waals surface area contributed by atoms with Crippen molar-refractivity contribution in [2.24, 2.45) is 0 Å². The van der Waals surface area contributed by atoms with Crippen LogP contribution < -0.4 is 9.47 Å². The molecule has 2 unspecified atom stereocenters. The van der Waals surface area contributed by atoms with E-state index in [1.807, 2.05) is 66.7 Å². The number of aromatic hydroxyl groups is 1. The van der Waals surface area contributed by atoms with E-state index < -0.39 is 0 Å². The molecule has 1 N–H and O–H groups in total. The highest BCUT2D eigenvalue weighted by atomic mass is 16.5. The zero-order valence-corrected chi connectivity index (χ0v) is 21.5. The van der Waals surface area contributed by atoms with Gasteiger partial charge in [0, 0.05) is 11.1 Å². The van der Waals surface area contributed by atoms with Crippen molar-refractivity contribution in [3.8, 4) is 17.2 Å². The van der Waals surface area contributed by atoms with E-state index in [0.717, 1.165) is 54.7 Å². The molecule has 3 aromatic carbocycles. The van der Waals surface area contributed by atoms with Gasteiger partial charge in [-0.1, -0.05) is 101 Å². The van der Waals surface area contributed by atoms with Crippen molar-refractivity contribution in [1.29, 1.82) is 0 Å². The first-order valence-electron chi connectivity index (χ1n) is 13.5. The second kappa shape index (κ2) is 15.1. The smallest absolute Gasteiger partial charge is 0.128 e. The second-order valence-electron chi connectivity index (χ2n) is 9.32. The number of unbranched alkanes of at least 4 members (excludes halogenated alkanes) is 6. The highest BCUT2D eigenvalue weighted by Crippen LogP contribution is 2.40. The van der Waals surface area contributed by atoms with E-state index in [2.05, 4.69) is 19.9 Å². The van der Waals surface area contributed by atoms with Crippen LogP contribution in [0.3, 0.4) is 0 Å². The number of hydrogen-bond donors (Lipinski definition) is 1. The van der Waals surface area contributed by atoms with E-state index >= 15 is 0 Å². The van der Waals surface area contributed by atoms with Crippen LogP contribution >= 0.6 is 0 Å². The molecule has 2 atom stereocenters. The number of phenols is 1. The molecule has 0 saturated carbocycles. The summed E-state index contributed by atoms with van der Waals surface area (Å²) in [7, 11) is 0. The Bertz CT molecular complexity index is 955. The molecule has 0 spiro atoms. The molecular weight excluding hydrogens is 432 g/mol. The van der Waals surface area contributed by atoms with E-state index in [9.17, 15) is 5.11 Å². The fraction of sp³-hybridized carbons (Fsp3) is 0.438. The van der Waals surface area contributed by atoms with Gasteiger partial charge in [-0.15, -0.1) is 0 Å². The van der Waals surface area contributed by atoms with Gasteiger partial charge in [0.1, 0.15) is 29.5 Å². The summed E-state index contributed by atoms with van der Waals surface area (Å²) in [5, 5.41) is 11.1. The molecule has 0 aliphatic heterocycles. The highest BCUT2D eigenvalue weighted by molar-refractivity contribution is 5.43. The number of phenolic OH excluding ortho intramolecular Hbond substituents is 1. The SMILES string of the molecule is CCCCCCC(Oc1ccccc1)c1cccc(O)c1C(CCCCCC)Oc1ccccc1. The van der Waals surface area contributed by atoms with Crippen molar-refractivity contribution in [2.75, 3.05) is 0 Å². The molecule has 0 saturated heterocycles. The minimum atomic E-state index is -0.233. The first kappa shape index (κ1) is 26.7. The molecule has 0 aliphatic rings. The summed E-state index contributed by atoms with van der Waals surface area (Å²) in [5.74, 6) is 1.96. The van der Waals surface area contributed by atoms with Crippen molar-refractivity contribution in [2.45, 2.75) is 90.3 Å². The molecule has 3 rings (SSSR count). The maximum Gasteiger partial charge on any atom is 0.128 e. The average Bonchev–Trinajstić information content (AvgIpc) is 2.89. The minimum Gasteiger partial charge on any atom is -0.508 e. The van der Waals surface area contributed by atoms with Gasteiger partial charge in [-0.2, -0.15) is 0 Å². The molecule has 3 heteroatoms. The van der Waals surface area contributed by atoms with Gasteiger partial charge in [0.15, 0.2) is 0 Å². The van der Waals surface area contributed by atoms with Crippen LogP contribution in [0.25, 0.3) is 0 Å². The molecule has 0 amide bonds. The average molecular weight is 475 g/mol. The maximum atomic E-state index is 11.1. The summed E-state index contributed by atoms with van der Waals surface area (Å²) >= 11 is 0. The first-order valence-corrected chi connectivity index (χ1v) is 13.5. The fourth-order valence-corrected chi connectivity index (χ4v) is 4.58. The third-order valence-corrected chi connectivity index (χ3v) is 6.47. The topological polar surface area (TPSA) is 38.7 Å². The number of rotatable bonds is 16. The summed E-state index contributed by atoms with van der Waals surface area (Å²) in [6, 6.07) is 25.8. The number of benzene rings is 3. The van der Waals surface area contributed by atoms with E-state index in [1.54, 1.807) is 6.07 Å². The van der Waals surface area contributed by atoms with Crippen LogP contribution in [0.2, 0.25) is 0 Å². The Kier molecular flexibility index (Phi) is 11.5. The molecule has 0 aromatic heterocycles. The standard InChI is InChI=1S/C32H42O3/c1-3-5-7-15-24-30(34-26-18-11-9-12-19-26)28-22-17-23-29(33)32(28)31(25-16-8-6-4-2)35-27-20-13-10-14-21-27/h9-14,17-23,30-31,33H,3-8,15-16,24-25H2,1-2H3. The van der Waals surface area contributed by atoms with Gasteiger partial charge in [-0.25, -0.2) is 0 Å². The lowest BCUT2D eigenvalue weighted by Crippen LogP contribution is -2.16. The fourth-order valence-electron chi connectivity index (χ4n) is 4.58. The summed E-state index contributed by atoms with van der Waals surface area (Å²) < 4.78 is 13.1. The van der Waals surface area contributed by atoms with Gasteiger partial charge in [0.2, 0.25) is 0 Å². The van der Waals surface area contributed by atoms with E-state index in [0.29, 0.717) is 0 Å². The van der Waals surface area contributed by atoms with Gasteiger partial charge in [-0.3, -0.25) is 0 Å². The van der Waals surface area contributed by atoms with Gasteiger partial charge < -0.3 is 14.6 Å². The van der Waals surface area contributed by atoms with Crippen LogP contribution in [0.4, 0.5) is 0 Å². The predicted octanol–water partition coefficient (Wildman–Crippen LogP) is 9.57. The minimum absolute atomic E-state index is 0.145. The summed E-state index contributed by atoms with van der Waals surface area (Å²) in [6.07, 6.45) is 10.7. The van der Waals surface area contributed by atoms with Gasteiger partial charge in [0.25, 0.3) is 0 Å². The third-order valence-electron chi connectivity index (χ3n) is 6.47. The normalized spacial score (nSPS) is 12.7. The Labute approximate surface area is 212 Å². The van der Waals surface area contributed by atoms with Gasteiger partial charge >= 0.3 is 0 Å². The molecule has 3 aromatic rings. The Balaban J connectivity index is 1.94. The molecule has 0 bridgehead atoms. The number of ether oxygens (including phenoxy) is 2. The molecule has 35 heavy (non-hydrogen) atoms. The molecule has 0 heterocycles. The molecule has 0 radical (unpaired) electrons. The highest BCUT2D eigenvalue weighted by Gasteiger charge is 2.26. The van der Waals surface area contributed by atoms with Crippen LogP contribution in [0, 0.1) is 0 Å². The van der Waals surface area contributed by atoms with Crippen LogP contribution in [0.1, 0.15) is 101 Å². The summed E-state index contributed by atoms with van der Waals surface area (Å²) in [5.41, 5.74) is 1.89.